The third kappa shape index (κ3) is 12.2. The normalized spacial score (nSPS) is 31.6. The second-order valence-electron chi connectivity index (χ2n) is 19.1. The van der Waals surface area contributed by atoms with E-state index in [0.29, 0.717) is 34.5 Å². The molecule has 0 N–H and O–H groups in total. The molecule has 2 aromatic carbocycles. The van der Waals surface area contributed by atoms with Crippen LogP contribution in [0.15, 0.2) is 47.9 Å². The largest absolute Gasteiger partial charge is 0.498 e. The summed E-state index contributed by atoms with van der Waals surface area (Å²) in [6, 6.07) is 7.08. The van der Waals surface area contributed by atoms with Gasteiger partial charge in [-0.05, 0) is 237 Å². The van der Waals surface area contributed by atoms with Gasteiger partial charge in [0.15, 0.2) is 23.3 Å². The Balaban J connectivity index is 0.000000300. The van der Waals surface area contributed by atoms with Gasteiger partial charge in [0.2, 0.25) is 0 Å². The number of benzene rings is 2. The molecule has 0 bridgehead atoms. The maximum Gasteiger partial charge on any atom is 0.162 e. The van der Waals surface area contributed by atoms with Crippen LogP contribution in [-0.4, -0.2) is 12.2 Å². The molecular weight excluding hydrogens is 757 g/mol. The summed E-state index contributed by atoms with van der Waals surface area (Å²) in [7, 11) is 0. The smallest absolute Gasteiger partial charge is 0.162 e. The van der Waals surface area contributed by atoms with Crippen molar-refractivity contribution in [2.24, 2.45) is 35.5 Å². The van der Waals surface area contributed by atoms with E-state index in [1.165, 1.54) is 81.8 Å². The van der Waals surface area contributed by atoms with Gasteiger partial charge in [0.05, 0.1) is 18.6 Å². The van der Waals surface area contributed by atoms with Gasteiger partial charge >= 0.3 is 0 Å². The van der Waals surface area contributed by atoms with Crippen LogP contribution in [0.5, 0.6) is 0 Å². The average Bonchev–Trinajstić information content (AvgIpc) is 3.23. The maximum absolute atomic E-state index is 14.4. The zero-order valence-corrected chi connectivity index (χ0v) is 34.7. The highest BCUT2D eigenvalue weighted by Crippen LogP contribution is 2.48. The van der Waals surface area contributed by atoms with Crippen molar-refractivity contribution in [3.63, 3.8) is 0 Å². The first-order chi connectivity index (χ1) is 27.0. The molecule has 4 saturated carbocycles. The van der Waals surface area contributed by atoms with Gasteiger partial charge in [0.25, 0.3) is 0 Å². The molecule has 0 radical (unpaired) electrons. The third-order valence-corrected chi connectivity index (χ3v) is 15.6. The Hall–Kier alpha value is -2.76. The van der Waals surface area contributed by atoms with Gasteiger partial charge in [0, 0.05) is 0 Å². The standard InChI is InChI=1S/2C25H34F2O.4CH4/c1-16-3-14-23(28-15-16)21-11-7-19(8-12-21)18-5-9-20(10-6-18)22-13-4-17(2)24(26)25(22)27;1-16-3-14-23(25(27)24(16)26)21-12-10-19(11-13-21)18-6-8-20(9-7-18)22-5-4-17(2)28-15-22;;;;/h4,13,15,18-21,23H,3,5-12,14H2,1-2H3;3,14-15,17-21H,4-13H2,1-2H3;4*1H4. The van der Waals surface area contributed by atoms with Crippen LogP contribution in [0.4, 0.5) is 17.6 Å². The summed E-state index contributed by atoms with van der Waals surface area (Å²) in [6.45, 7) is 7.56. The van der Waals surface area contributed by atoms with Gasteiger partial charge in [-0.3, -0.25) is 0 Å². The fourth-order valence-electron chi connectivity index (χ4n) is 11.8. The average molecular weight is 841 g/mol. The summed E-state index contributed by atoms with van der Waals surface area (Å²) in [4.78, 5) is 0. The molecule has 2 heterocycles. The van der Waals surface area contributed by atoms with Crippen LogP contribution in [0.3, 0.4) is 0 Å². The quantitative estimate of drug-likeness (QED) is 0.270. The van der Waals surface area contributed by atoms with E-state index in [0.717, 1.165) is 93.3 Å². The van der Waals surface area contributed by atoms with E-state index < -0.39 is 23.3 Å². The van der Waals surface area contributed by atoms with E-state index in [-0.39, 0.29) is 41.5 Å². The van der Waals surface area contributed by atoms with E-state index in [1.54, 1.807) is 26.0 Å². The summed E-state index contributed by atoms with van der Waals surface area (Å²) in [5.74, 6) is 2.47. The van der Waals surface area contributed by atoms with Crippen LogP contribution < -0.4 is 0 Å². The molecule has 0 aromatic heterocycles. The first-order valence-electron chi connectivity index (χ1n) is 22.6. The van der Waals surface area contributed by atoms with Crippen molar-refractivity contribution in [3.05, 3.63) is 93.5 Å². The third-order valence-electron chi connectivity index (χ3n) is 15.6. The van der Waals surface area contributed by atoms with E-state index in [4.69, 9.17) is 9.47 Å². The lowest BCUT2D eigenvalue weighted by molar-refractivity contribution is 0.0312. The Morgan fingerprint density at radius 2 is 0.817 bits per heavy atom. The first-order valence-corrected chi connectivity index (χ1v) is 22.6. The molecule has 6 aliphatic rings. The Morgan fingerprint density at radius 1 is 0.417 bits per heavy atom. The predicted molar refractivity (Wildman–Crippen MR) is 245 cm³/mol. The van der Waals surface area contributed by atoms with E-state index in [1.807, 2.05) is 18.4 Å². The zero-order chi connectivity index (χ0) is 39.3. The summed E-state index contributed by atoms with van der Waals surface area (Å²) in [5, 5.41) is 0. The Labute approximate surface area is 364 Å². The first kappa shape index (κ1) is 51.6. The molecule has 2 aliphatic heterocycles. The fraction of sp³-hybridized carbons (Fsp3) is 0.704. The van der Waals surface area contributed by atoms with Crippen molar-refractivity contribution in [1.82, 2.24) is 0 Å². The summed E-state index contributed by atoms with van der Waals surface area (Å²) >= 11 is 0. The lowest BCUT2D eigenvalue weighted by Gasteiger charge is -2.40. The van der Waals surface area contributed by atoms with Crippen molar-refractivity contribution in [3.8, 4) is 0 Å². The number of hydrogen-bond donors (Lipinski definition) is 0. The molecule has 8 rings (SSSR count). The molecule has 0 saturated heterocycles. The molecule has 60 heavy (non-hydrogen) atoms. The van der Waals surface area contributed by atoms with Crippen molar-refractivity contribution in [1.29, 1.82) is 0 Å². The monoisotopic (exact) mass is 841 g/mol. The number of allylic oxidation sites excluding steroid dienone is 2. The van der Waals surface area contributed by atoms with Gasteiger partial charge in [0.1, 0.15) is 6.10 Å². The predicted octanol–water partition coefficient (Wildman–Crippen LogP) is 17.4. The molecule has 340 valence electrons. The molecule has 4 fully saturated rings. The number of halogens is 4. The number of ether oxygens (including phenoxy) is 2. The van der Waals surface area contributed by atoms with Crippen LogP contribution in [0.2, 0.25) is 0 Å². The van der Waals surface area contributed by atoms with Gasteiger partial charge in [-0.15, -0.1) is 0 Å². The summed E-state index contributed by atoms with van der Waals surface area (Å²) in [5.41, 5.74) is 4.91. The molecule has 4 aliphatic carbocycles. The van der Waals surface area contributed by atoms with Crippen molar-refractivity contribution in [2.75, 3.05) is 0 Å². The van der Waals surface area contributed by atoms with Gasteiger partial charge in [-0.2, -0.15) is 0 Å². The van der Waals surface area contributed by atoms with Gasteiger partial charge in [-0.25, -0.2) is 17.6 Å². The number of rotatable bonds is 6. The highest BCUT2D eigenvalue weighted by molar-refractivity contribution is 5.29. The Kier molecular flexibility index (Phi) is 20.3. The highest BCUT2D eigenvalue weighted by atomic mass is 19.2. The fourth-order valence-corrected chi connectivity index (χ4v) is 11.8. The molecule has 2 aromatic rings. The molecule has 2 unspecified atom stereocenters. The van der Waals surface area contributed by atoms with E-state index >= 15 is 0 Å². The summed E-state index contributed by atoms with van der Waals surface area (Å²) in [6.07, 6.45) is 28.7. The Bertz CT molecular complexity index is 1670. The lowest BCUT2D eigenvalue weighted by Crippen LogP contribution is -2.31. The number of aryl methyl sites for hydroxylation is 2. The molecule has 2 atom stereocenters. The van der Waals surface area contributed by atoms with E-state index in [2.05, 4.69) is 20.1 Å². The van der Waals surface area contributed by atoms with E-state index in [9.17, 15) is 17.6 Å². The number of hydrogen-bond acceptors (Lipinski definition) is 2. The minimum Gasteiger partial charge on any atom is -0.498 e. The zero-order valence-electron chi connectivity index (χ0n) is 34.7. The minimum atomic E-state index is -0.659. The maximum atomic E-state index is 14.4. The minimum absolute atomic E-state index is 0. The van der Waals surface area contributed by atoms with Crippen LogP contribution in [0, 0.1) is 72.6 Å². The van der Waals surface area contributed by atoms with Crippen LogP contribution in [0.25, 0.3) is 0 Å². The van der Waals surface area contributed by atoms with Crippen LogP contribution in [0.1, 0.15) is 206 Å². The highest BCUT2D eigenvalue weighted by Gasteiger charge is 2.36. The lowest BCUT2D eigenvalue weighted by atomic mass is 9.67. The van der Waals surface area contributed by atoms with Gasteiger partial charge < -0.3 is 9.47 Å². The van der Waals surface area contributed by atoms with Crippen molar-refractivity contribution >= 4 is 0 Å². The topological polar surface area (TPSA) is 18.5 Å². The van der Waals surface area contributed by atoms with Gasteiger partial charge in [-0.1, -0.05) is 54.0 Å². The van der Waals surface area contributed by atoms with Crippen LogP contribution in [-0.2, 0) is 9.47 Å². The second kappa shape index (κ2) is 23.6. The molecular formula is C54H84F4O2. The molecule has 0 amide bonds. The second-order valence-corrected chi connectivity index (χ2v) is 19.1. The molecule has 6 heteroatoms. The molecule has 2 nitrogen and oxygen atoms in total. The SMILES string of the molecule is C.C.C.C.CC1=COC(C2CCC(C3CCC(c4ccc(C)c(F)c4F)CC3)CC2)CC1.Cc1ccc(C2CCC(C3CCC(C4=COC(C)CC4)CC3)CC2)c(F)c1F. The molecule has 0 spiro atoms. The van der Waals surface area contributed by atoms with Crippen LogP contribution >= 0.6 is 0 Å². The Morgan fingerprint density at radius 3 is 1.20 bits per heavy atom. The van der Waals surface area contributed by atoms with Crippen molar-refractivity contribution < 1.29 is 27.0 Å². The summed E-state index contributed by atoms with van der Waals surface area (Å²) < 4.78 is 68.3. The van der Waals surface area contributed by atoms with Crippen molar-refractivity contribution in [2.45, 2.75) is 210 Å².